The maximum absolute atomic E-state index is 4.73. The van der Waals surface area contributed by atoms with Crippen LogP contribution in [0.5, 0.6) is 0 Å². The van der Waals surface area contributed by atoms with Crippen LogP contribution >= 0.6 is 27.3 Å². The van der Waals surface area contributed by atoms with Crippen molar-refractivity contribution >= 4 is 38.1 Å². The Kier molecular flexibility index (Phi) is 4.61. The third kappa shape index (κ3) is 3.57. The van der Waals surface area contributed by atoms with Crippen molar-refractivity contribution in [1.82, 2.24) is 14.5 Å². The molecule has 4 nitrogen and oxygen atoms in total. The van der Waals surface area contributed by atoms with E-state index in [1.54, 1.807) is 11.3 Å². The Labute approximate surface area is 164 Å². The molecule has 26 heavy (non-hydrogen) atoms. The van der Waals surface area contributed by atoms with Crippen molar-refractivity contribution in [3.63, 3.8) is 0 Å². The van der Waals surface area contributed by atoms with Crippen LogP contribution in [0.15, 0.2) is 64.8 Å². The number of hydrogen-bond donors (Lipinski definition) is 1. The molecule has 2 aromatic carbocycles. The van der Waals surface area contributed by atoms with Gasteiger partial charge in [-0.2, -0.15) is 0 Å². The Morgan fingerprint density at radius 1 is 1.08 bits per heavy atom. The van der Waals surface area contributed by atoms with E-state index in [0.29, 0.717) is 0 Å². The van der Waals surface area contributed by atoms with Crippen LogP contribution < -0.4 is 5.32 Å². The lowest BCUT2D eigenvalue weighted by atomic mass is 10.1. The minimum Gasteiger partial charge on any atom is -0.331 e. The first kappa shape index (κ1) is 17.0. The Morgan fingerprint density at radius 2 is 1.88 bits per heavy atom. The van der Waals surface area contributed by atoms with E-state index in [4.69, 9.17) is 4.98 Å². The summed E-state index contributed by atoms with van der Waals surface area (Å²) in [6.07, 6.45) is 3.84. The second-order valence-electron chi connectivity index (χ2n) is 6.09. The molecule has 0 saturated heterocycles. The maximum Gasteiger partial charge on any atom is 0.187 e. The monoisotopic (exact) mass is 424 g/mol. The van der Waals surface area contributed by atoms with Crippen LogP contribution in [0.1, 0.15) is 11.3 Å². The largest absolute Gasteiger partial charge is 0.331 e. The van der Waals surface area contributed by atoms with Crippen LogP contribution in [0.25, 0.3) is 16.9 Å². The second kappa shape index (κ2) is 7.05. The Balaban J connectivity index is 1.55. The van der Waals surface area contributed by atoms with E-state index in [1.807, 2.05) is 30.1 Å². The van der Waals surface area contributed by atoms with E-state index >= 15 is 0 Å². The molecule has 130 valence electrons. The van der Waals surface area contributed by atoms with Gasteiger partial charge in [0, 0.05) is 33.0 Å². The number of imidazole rings is 1. The SMILES string of the molecule is Cc1cn(-c2ccc(-c3csc(Nc4cc(Br)ccc4C)n3)cc2)cn1. The number of nitrogens with zero attached hydrogens (tertiary/aromatic N) is 3. The molecule has 4 aromatic rings. The summed E-state index contributed by atoms with van der Waals surface area (Å²) in [7, 11) is 0. The molecule has 4 rings (SSSR count). The Morgan fingerprint density at radius 3 is 2.62 bits per heavy atom. The topological polar surface area (TPSA) is 42.7 Å². The highest BCUT2D eigenvalue weighted by Gasteiger charge is 2.07. The zero-order chi connectivity index (χ0) is 18.1. The van der Waals surface area contributed by atoms with Gasteiger partial charge in [0.15, 0.2) is 5.13 Å². The third-order valence-corrected chi connectivity index (χ3v) is 5.37. The van der Waals surface area contributed by atoms with Crippen LogP contribution in [-0.4, -0.2) is 14.5 Å². The summed E-state index contributed by atoms with van der Waals surface area (Å²) in [5.74, 6) is 0. The second-order valence-corrected chi connectivity index (χ2v) is 7.87. The molecule has 0 saturated carbocycles. The number of aryl methyl sites for hydroxylation is 2. The molecule has 6 heteroatoms. The number of aromatic nitrogens is 3. The fraction of sp³-hybridized carbons (Fsp3) is 0.100. The van der Waals surface area contributed by atoms with E-state index in [2.05, 4.69) is 74.9 Å². The smallest absolute Gasteiger partial charge is 0.187 e. The first-order valence-corrected chi connectivity index (χ1v) is 9.86. The highest BCUT2D eigenvalue weighted by Crippen LogP contribution is 2.30. The zero-order valence-corrected chi connectivity index (χ0v) is 16.8. The van der Waals surface area contributed by atoms with Crippen molar-refractivity contribution in [1.29, 1.82) is 0 Å². The van der Waals surface area contributed by atoms with Crippen molar-refractivity contribution in [2.45, 2.75) is 13.8 Å². The van der Waals surface area contributed by atoms with Gasteiger partial charge in [0.25, 0.3) is 0 Å². The van der Waals surface area contributed by atoms with Gasteiger partial charge in [0.1, 0.15) is 0 Å². The van der Waals surface area contributed by atoms with Gasteiger partial charge in [-0.1, -0.05) is 34.1 Å². The summed E-state index contributed by atoms with van der Waals surface area (Å²) in [5, 5.41) is 6.37. The van der Waals surface area contributed by atoms with Crippen molar-refractivity contribution in [2.75, 3.05) is 5.32 Å². The third-order valence-electron chi connectivity index (χ3n) is 4.12. The molecular formula is C20H17BrN4S. The lowest BCUT2D eigenvalue weighted by Crippen LogP contribution is -1.93. The van der Waals surface area contributed by atoms with Crippen molar-refractivity contribution in [2.24, 2.45) is 0 Å². The minimum absolute atomic E-state index is 0.885. The standard InChI is InChI=1S/C20H17BrN4S/c1-13-3-6-16(21)9-18(13)23-20-24-19(11-26-20)15-4-7-17(8-5-15)25-10-14(2)22-12-25/h3-12H,1-2H3,(H,23,24). The van der Waals surface area contributed by atoms with Crippen molar-refractivity contribution in [3.05, 3.63) is 76.1 Å². The highest BCUT2D eigenvalue weighted by molar-refractivity contribution is 9.10. The van der Waals surface area contributed by atoms with Crippen LogP contribution in [0.3, 0.4) is 0 Å². The number of nitrogens with one attached hydrogen (secondary N) is 1. The summed E-state index contributed by atoms with van der Waals surface area (Å²) in [6, 6.07) is 14.5. The number of benzene rings is 2. The molecule has 0 radical (unpaired) electrons. The van der Waals surface area contributed by atoms with Gasteiger partial charge in [-0.05, 0) is 43.7 Å². The van der Waals surface area contributed by atoms with E-state index in [0.717, 1.165) is 37.9 Å². The number of anilines is 2. The molecule has 2 aromatic heterocycles. The van der Waals surface area contributed by atoms with Crippen molar-refractivity contribution in [3.8, 4) is 16.9 Å². The van der Waals surface area contributed by atoms with Gasteiger partial charge in [-0.3, -0.25) is 0 Å². The fourth-order valence-corrected chi connectivity index (χ4v) is 3.77. The predicted molar refractivity (Wildman–Crippen MR) is 112 cm³/mol. The molecule has 0 atom stereocenters. The maximum atomic E-state index is 4.73. The molecular weight excluding hydrogens is 408 g/mol. The first-order valence-electron chi connectivity index (χ1n) is 8.18. The summed E-state index contributed by atoms with van der Waals surface area (Å²) >= 11 is 5.12. The van der Waals surface area contributed by atoms with E-state index in [9.17, 15) is 0 Å². The van der Waals surface area contributed by atoms with Gasteiger partial charge >= 0.3 is 0 Å². The van der Waals surface area contributed by atoms with E-state index < -0.39 is 0 Å². The molecule has 0 spiro atoms. The Hall–Kier alpha value is -2.44. The van der Waals surface area contributed by atoms with Crippen LogP contribution in [-0.2, 0) is 0 Å². The lowest BCUT2D eigenvalue weighted by Gasteiger charge is -2.07. The fourth-order valence-electron chi connectivity index (χ4n) is 2.67. The minimum atomic E-state index is 0.885. The number of rotatable bonds is 4. The molecule has 0 aliphatic carbocycles. The van der Waals surface area contributed by atoms with Crippen molar-refractivity contribution < 1.29 is 0 Å². The molecule has 0 aliphatic heterocycles. The molecule has 0 aliphatic rings. The molecule has 2 heterocycles. The average Bonchev–Trinajstić information content (AvgIpc) is 3.28. The van der Waals surface area contributed by atoms with Gasteiger partial charge in [-0.15, -0.1) is 11.3 Å². The predicted octanol–water partition coefficient (Wildman–Crippen LogP) is 6.12. The Bertz CT molecular complexity index is 1050. The van der Waals surface area contributed by atoms with Gasteiger partial charge in [0.2, 0.25) is 0 Å². The molecule has 0 bridgehead atoms. The van der Waals surface area contributed by atoms with E-state index in [1.165, 1.54) is 5.56 Å². The average molecular weight is 425 g/mol. The lowest BCUT2D eigenvalue weighted by molar-refractivity contribution is 1.06. The van der Waals surface area contributed by atoms with E-state index in [-0.39, 0.29) is 0 Å². The summed E-state index contributed by atoms with van der Waals surface area (Å²) < 4.78 is 3.07. The summed E-state index contributed by atoms with van der Waals surface area (Å²) in [5.41, 5.74) is 6.41. The quantitative estimate of drug-likeness (QED) is 0.429. The number of thiazole rings is 1. The van der Waals surface area contributed by atoms with Gasteiger partial charge < -0.3 is 9.88 Å². The van der Waals surface area contributed by atoms with Gasteiger partial charge in [-0.25, -0.2) is 9.97 Å². The normalized spacial score (nSPS) is 10.9. The molecule has 0 amide bonds. The number of hydrogen-bond acceptors (Lipinski definition) is 4. The highest BCUT2D eigenvalue weighted by atomic mass is 79.9. The summed E-state index contributed by atoms with van der Waals surface area (Å²) in [4.78, 5) is 9.00. The zero-order valence-electron chi connectivity index (χ0n) is 14.4. The van der Waals surface area contributed by atoms with Crippen LogP contribution in [0, 0.1) is 13.8 Å². The first-order chi connectivity index (χ1) is 12.6. The summed E-state index contributed by atoms with van der Waals surface area (Å²) in [6.45, 7) is 4.07. The molecule has 0 unspecified atom stereocenters. The number of halogens is 1. The van der Waals surface area contributed by atoms with Crippen LogP contribution in [0.2, 0.25) is 0 Å². The molecule has 1 N–H and O–H groups in total. The van der Waals surface area contributed by atoms with Gasteiger partial charge in [0.05, 0.1) is 17.7 Å². The van der Waals surface area contributed by atoms with Crippen LogP contribution in [0.4, 0.5) is 10.8 Å². The molecule has 0 fully saturated rings.